The Hall–Kier alpha value is -0.530. The number of hydrogen-bond donors (Lipinski definition) is 1. The summed E-state index contributed by atoms with van der Waals surface area (Å²) in [5.74, 6) is 0. The van der Waals surface area contributed by atoms with E-state index in [0.717, 1.165) is 14.6 Å². The van der Waals surface area contributed by atoms with Gasteiger partial charge in [0.05, 0.1) is 18.2 Å². The molecule has 0 aliphatic rings. The molecule has 2 nitrogen and oxygen atoms in total. The number of rotatable bonds is 3. The van der Waals surface area contributed by atoms with Gasteiger partial charge in [-0.15, -0.1) is 0 Å². The summed E-state index contributed by atoms with van der Waals surface area (Å²) >= 11 is 6.90. The van der Waals surface area contributed by atoms with Crippen LogP contribution in [-0.4, -0.2) is 6.04 Å². The van der Waals surface area contributed by atoms with Gasteiger partial charge >= 0.3 is 0 Å². The lowest BCUT2D eigenvalue weighted by atomic mass is 10.2. The van der Waals surface area contributed by atoms with Gasteiger partial charge < -0.3 is 5.32 Å². The molecule has 1 aromatic carbocycles. The van der Waals surface area contributed by atoms with E-state index >= 15 is 0 Å². The van der Waals surface area contributed by atoms with E-state index in [1.54, 1.807) is 0 Å². The molecule has 0 saturated heterocycles. The van der Waals surface area contributed by atoms with Crippen molar-refractivity contribution in [1.29, 1.82) is 5.26 Å². The van der Waals surface area contributed by atoms with Crippen LogP contribution in [0.5, 0.6) is 0 Å². The molecule has 1 unspecified atom stereocenters. The predicted octanol–water partition coefficient (Wildman–Crippen LogP) is 3.93. The maximum absolute atomic E-state index is 8.54. The van der Waals surface area contributed by atoms with E-state index < -0.39 is 0 Å². The van der Waals surface area contributed by atoms with Crippen molar-refractivity contribution in [3.05, 3.63) is 27.1 Å². The van der Waals surface area contributed by atoms with E-state index in [0.29, 0.717) is 6.42 Å². The monoisotopic (exact) mass is 316 g/mol. The molecule has 0 aliphatic heterocycles. The fourth-order valence-corrected chi connectivity index (χ4v) is 2.30. The van der Waals surface area contributed by atoms with E-state index in [1.807, 2.05) is 25.1 Å². The van der Waals surface area contributed by atoms with E-state index in [4.69, 9.17) is 5.26 Å². The Labute approximate surface area is 101 Å². The molecule has 0 saturated carbocycles. The van der Waals surface area contributed by atoms with Gasteiger partial charge in [-0.3, -0.25) is 0 Å². The number of nitrogens with zero attached hydrogens (tertiary/aromatic N) is 1. The summed E-state index contributed by atoms with van der Waals surface area (Å²) in [6, 6.07) is 8.16. The first-order valence-corrected chi connectivity index (χ1v) is 5.81. The van der Waals surface area contributed by atoms with Crippen LogP contribution >= 0.6 is 31.9 Å². The Morgan fingerprint density at radius 1 is 1.43 bits per heavy atom. The quantitative estimate of drug-likeness (QED) is 0.917. The number of nitriles is 1. The summed E-state index contributed by atoms with van der Waals surface area (Å²) in [5, 5.41) is 11.8. The molecular formula is C10H10Br2N2. The fourth-order valence-electron chi connectivity index (χ4n) is 1.07. The molecule has 1 N–H and O–H groups in total. The minimum Gasteiger partial charge on any atom is -0.380 e. The first-order chi connectivity index (χ1) is 6.65. The third-order valence-electron chi connectivity index (χ3n) is 1.75. The van der Waals surface area contributed by atoms with Crippen molar-refractivity contribution in [2.24, 2.45) is 0 Å². The molecule has 0 amide bonds. The van der Waals surface area contributed by atoms with Crippen LogP contribution in [0.1, 0.15) is 13.3 Å². The zero-order chi connectivity index (χ0) is 10.6. The van der Waals surface area contributed by atoms with Crippen molar-refractivity contribution in [2.45, 2.75) is 19.4 Å². The Balaban J connectivity index is 2.81. The Kier molecular flexibility index (Phi) is 4.43. The van der Waals surface area contributed by atoms with Crippen LogP contribution in [0.2, 0.25) is 0 Å². The summed E-state index contributed by atoms with van der Waals surface area (Å²) < 4.78 is 1.99. The summed E-state index contributed by atoms with van der Waals surface area (Å²) in [5.41, 5.74) is 0.996. The summed E-state index contributed by atoms with van der Waals surface area (Å²) in [7, 11) is 0. The number of halogens is 2. The summed E-state index contributed by atoms with van der Waals surface area (Å²) in [4.78, 5) is 0. The van der Waals surface area contributed by atoms with Crippen molar-refractivity contribution in [3.63, 3.8) is 0 Å². The average molecular weight is 318 g/mol. The standard InChI is InChI=1S/C10H10Br2N2/c1-7(5-6-13)14-10-8(11)3-2-4-9(10)12/h2-4,7,14H,5H2,1H3. The van der Waals surface area contributed by atoms with Crippen LogP contribution in [0.3, 0.4) is 0 Å². The van der Waals surface area contributed by atoms with Gasteiger partial charge in [0.25, 0.3) is 0 Å². The van der Waals surface area contributed by atoms with E-state index in [9.17, 15) is 0 Å². The molecule has 0 radical (unpaired) electrons. The van der Waals surface area contributed by atoms with Gasteiger partial charge in [0.1, 0.15) is 0 Å². The zero-order valence-corrected chi connectivity index (χ0v) is 10.9. The van der Waals surface area contributed by atoms with Crippen LogP contribution in [0.25, 0.3) is 0 Å². The molecule has 0 aliphatic carbocycles. The second kappa shape index (κ2) is 5.38. The first-order valence-electron chi connectivity index (χ1n) is 4.22. The molecule has 0 spiro atoms. The number of anilines is 1. The van der Waals surface area contributed by atoms with Crippen LogP contribution in [-0.2, 0) is 0 Å². The largest absolute Gasteiger partial charge is 0.380 e. The Bertz CT molecular complexity index is 337. The lowest BCUT2D eigenvalue weighted by Gasteiger charge is -2.14. The van der Waals surface area contributed by atoms with Crippen molar-refractivity contribution in [1.82, 2.24) is 0 Å². The van der Waals surface area contributed by atoms with Gasteiger partial charge in [-0.05, 0) is 50.9 Å². The highest BCUT2D eigenvalue weighted by atomic mass is 79.9. The third-order valence-corrected chi connectivity index (χ3v) is 3.07. The van der Waals surface area contributed by atoms with E-state index in [2.05, 4.69) is 43.2 Å². The average Bonchev–Trinajstić information content (AvgIpc) is 2.12. The van der Waals surface area contributed by atoms with Crippen LogP contribution < -0.4 is 5.32 Å². The second-order valence-corrected chi connectivity index (χ2v) is 4.71. The molecule has 0 bridgehead atoms. The smallest absolute Gasteiger partial charge is 0.0643 e. The van der Waals surface area contributed by atoms with Crippen molar-refractivity contribution in [2.75, 3.05) is 5.32 Å². The van der Waals surface area contributed by atoms with E-state index in [-0.39, 0.29) is 6.04 Å². The molecule has 1 atom stereocenters. The zero-order valence-electron chi connectivity index (χ0n) is 7.72. The van der Waals surface area contributed by atoms with E-state index in [1.165, 1.54) is 0 Å². The maximum atomic E-state index is 8.54. The highest BCUT2D eigenvalue weighted by Gasteiger charge is 2.07. The third kappa shape index (κ3) is 3.00. The molecule has 74 valence electrons. The predicted molar refractivity (Wildman–Crippen MR) is 65.2 cm³/mol. The van der Waals surface area contributed by atoms with Crippen molar-refractivity contribution >= 4 is 37.5 Å². The molecule has 14 heavy (non-hydrogen) atoms. The van der Waals surface area contributed by atoms with Gasteiger partial charge in [0, 0.05) is 15.0 Å². The van der Waals surface area contributed by atoms with Gasteiger partial charge in [-0.1, -0.05) is 6.07 Å². The molecule has 1 rings (SSSR count). The van der Waals surface area contributed by atoms with Crippen LogP contribution in [0, 0.1) is 11.3 Å². The van der Waals surface area contributed by atoms with Gasteiger partial charge in [0.15, 0.2) is 0 Å². The molecule has 4 heteroatoms. The maximum Gasteiger partial charge on any atom is 0.0643 e. The fraction of sp³-hybridized carbons (Fsp3) is 0.300. The molecule has 1 aromatic rings. The normalized spacial score (nSPS) is 11.9. The van der Waals surface area contributed by atoms with Crippen molar-refractivity contribution < 1.29 is 0 Å². The molecular weight excluding hydrogens is 308 g/mol. The topological polar surface area (TPSA) is 35.8 Å². The minimum absolute atomic E-state index is 0.148. The van der Waals surface area contributed by atoms with Crippen molar-refractivity contribution in [3.8, 4) is 6.07 Å². The van der Waals surface area contributed by atoms with Gasteiger partial charge in [-0.25, -0.2) is 0 Å². The summed E-state index contributed by atoms with van der Waals surface area (Å²) in [6.07, 6.45) is 0.494. The summed E-state index contributed by atoms with van der Waals surface area (Å²) in [6.45, 7) is 1.98. The van der Waals surface area contributed by atoms with Gasteiger partial charge in [-0.2, -0.15) is 5.26 Å². The Morgan fingerprint density at radius 3 is 2.50 bits per heavy atom. The molecule has 0 heterocycles. The number of hydrogen-bond acceptors (Lipinski definition) is 2. The second-order valence-electron chi connectivity index (χ2n) is 3.00. The van der Waals surface area contributed by atoms with Crippen LogP contribution in [0.4, 0.5) is 5.69 Å². The number of benzene rings is 1. The number of nitrogens with one attached hydrogen (secondary N) is 1. The lowest BCUT2D eigenvalue weighted by Crippen LogP contribution is -2.14. The lowest BCUT2D eigenvalue weighted by molar-refractivity contribution is 0.819. The highest BCUT2D eigenvalue weighted by Crippen LogP contribution is 2.31. The minimum atomic E-state index is 0.148. The molecule has 0 fully saturated rings. The van der Waals surface area contributed by atoms with Crippen LogP contribution in [0.15, 0.2) is 27.1 Å². The Morgan fingerprint density at radius 2 is 2.00 bits per heavy atom. The van der Waals surface area contributed by atoms with Gasteiger partial charge in [0.2, 0.25) is 0 Å². The number of para-hydroxylation sites is 1. The SMILES string of the molecule is CC(CC#N)Nc1c(Br)cccc1Br. The molecule has 0 aromatic heterocycles. The highest BCUT2D eigenvalue weighted by molar-refractivity contribution is 9.11. The first kappa shape index (κ1) is 11.5.